The molecule has 1 unspecified atom stereocenters. The Labute approximate surface area is 78.2 Å². The number of ketones is 1. The zero-order valence-corrected chi connectivity index (χ0v) is 8.24. The van der Waals surface area contributed by atoms with Crippen LogP contribution < -0.4 is 0 Å². The van der Waals surface area contributed by atoms with Crippen molar-refractivity contribution in [2.45, 2.75) is 27.2 Å². The number of nitrogens with zero attached hydrogens (tertiary/aromatic N) is 2. The van der Waals surface area contributed by atoms with E-state index in [1.54, 1.807) is 6.20 Å². The first kappa shape index (κ1) is 9.84. The molecule has 0 amide bonds. The van der Waals surface area contributed by atoms with Crippen molar-refractivity contribution in [3.8, 4) is 0 Å². The van der Waals surface area contributed by atoms with Crippen molar-refractivity contribution in [3.05, 3.63) is 23.8 Å². The van der Waals surface area contributed by atoms with Gasteiger partial charge in [-0.1, -0.05) is 13.8 Å². The normalized spacial score (nSPS) is 12.5. The number of rotatable bonds is 3. The van der Waals surface area contributed by atoms with Gasteiger partial charge >= 0.3 is 0 Å². The molecule has 70 valence electrons. The van der Waals surface area contributed by atoms with Gasteiger partial charge in [0.1, 0.15) is 5.69 Å². The molecule has 1 aromatic rings. The average molecular weight is 178 g/mol. The van der Waals surface area contributed by atoms with Crippen LogP contribution in [0.1, 0.15) is 36.5 Å². The summed E-state index contributed by atoms with van der Waals surface area (Å²) in [7, 11) is 0. The Balaban J connectivity index is 2.89. The van der Waals surface area contributed by atoms with Gasteiger partial charge in [-0.15, -0.1) is 0 Å². The molecule has 0 aromatic carbocycles. The van der Waals surface area contributed by atoms with Crippen molar-refractivity contribution in [3.63, 3.8) is 0 Å². The van der Waals surface area contributed by atoms with Gasteiger partial charge in [0.2, 0.25) is 0 Å². The summed E-state index contributed by atoms with van der Waals surface area (Å²) < 4.78 is 0. The smallest absolute Gasteiger partial charge is 0.185 e. The molecule has 1 heterocycles. The lowest BCUT2D eigenvalue weighted by molar-refractivity contribution is 0.0921. The Bertz CT molecular complexity index is 310. The number of carbonyl (C=O) groups excluding carboxylic acids is 1. The molecular formula is C10H14N2O. The van der Waals surface area contributed by atoms with E-state index in [0.717, 1.165) is 12.1 Å². The zero-order chi connectivity index (χ0) is 9.84. The molecule has 0 fully saturated rings. The van der Waals surface area contributed by atoms with E-state index in [1.807, 2.05) is 20.8 Å². The fourth-order valence-electron chi connectivity index (χ4n) is 1.02. The third kappa shape index (κ3) is 2.34. The lowest BCUT2D eigenvalue weighted by Crippen LogP contribution is -2.12. The van der Waals surface area contributed by atoms with Gasteiger partial charge < -0.3 is 0 Å². The lowest BCUT2D eigenvalue weighted by atomic mass is 10.0. The summed E-state index contributed by atoms with van der Waals surface area (Å²) in [5, 5.41) is 0. The second kappa shape index (κ2) is 4.12. The molecule has 0 aliphatic rings. The molecule has 3 heteroatoms. The third-order valence-electron chi connectivity index (χ3n) is 2.07. The van der Waals surface area contributed by atoms with E-state index < -0.39 is 0 Å². The van der Waals surface area contributed by atoms with Crippen LogP contribution in [0, 0.1) is 12.8 Å². The topological polar surface area (TPSA) is 42.9 Å². The second-order valence-corrected chi connectivity index (χ2v) is 3.22. The van der Waals surface area contributed by atoms with Crippen LogP contribution in [-0.2, 0) is 0 Å². The summed E-state index contributed by atoms with van der Waals surface area (Å²) in [6.07, 6.45) is 4.02. The Morgan fingerprint density at radius 2 is 2.23 bits per heavy atom. The molecule has 1 aromatic heterocycles. The Kier molecular flexibility index (Phi) is 3.12. The second-order valence-electron chi connectivity index (χ2n) is 3.22. The molecule has 1 atom stereocenters. The van der Waals surface area contributed by atoms with Crippen LogP contribution in [0.5, 0.6) is 0 Å². The zero-order valence-electron chi connectivity index (χ0n) is 8.24. The van der Waals surface area contributed by atoms with Gasteiger partial charge in [0, 0.05) is 12.1 Å². The molecule has 0 spiro atoms. The first-order valence-electron chi connectivity index (χ1n) is 4.48. The lowest BCUT2D eigenvalue weighted by Gasteiger charge is -2.05. The molecule has 0 saturated carbocycles. The minimum atomic E-state index is 0.0381. The molecule has 0 N–H and O–H groups in total. The SMILES string of the molecule is CCC(C)C(=O)c1cncc(C)n1. The van der Waals surface area contributed by atoms with E-state index >= 15 is 0 Å². The van der Waals surface area contributed by atoms with Gasteiger partial charge in [0.25, 0.3) is 0 Å². The van der Waals surface area contributed by atoms with Crippen molar-refractivity contribution >= 4 is 5.78 Å². The van der Waals surface area contributed by atoms with E-state index in [1.165, 1.54) is 6.20 Å². The van der Waals surface area contributed by atoms with Crippen LogP contribution in [0.3, 0.4) is 0 Å². The van der Waals surface area contributed by atoms with Crippen molar-refractivity contribution < 1.29 is 4.79 Å². The molecule has 0 aliphatic heterocycles. The molecule has 0 radical (unpaired) electrons. The molecule has 13 heavy (non-hydrogen) atoms. The van der Waals surface area contributed by atoms with Crippen LogP contribution in [0.15, 0.2) is 12.4 Å². The summed E-state index contributed by atoms with van der Waals surface area (Å²) in [5.41, 5.74) is 1.27. The van der Waals surface area contributed by atoms with Crippen LogP contribution in [-0.4, -0.2) is 15.8 Å². The molecule has 0 bridgehead atoms. The number of aromatic nitrogens is 2. The number of hydrogen-bond acceptors (Lipinski definition) is 3. The largest absolute Gasteiger partial charge is 0.292 e. The fourth-order valence-corrected chi connectivity index (χ4v) is 1.02. The molecule has 0 aliphatic carbocycles. The molecule has 3 nitrogen and oxygen atoms in total. The van der Waals surface area contributed by atoms with Crippen molar-refractivity contribution in [2.75, 3.05) is 0 Å². The molecule has 0 saturated heterocycles. The van der Waals surface area contributed by atoms with Crippen LogP contribution in [0.2, 0.25) is 0 Å². The van der Waals surface area contributed by atoms with Crippen molar-refractivity contribution in [1.29, 1.82) is 0 Å². The van der Waals surface area contributed by atoms with Gasteiger partial charge in [0.15, 0.2) is 5.78 Å². The standard InChI is InChI=1S/C10H14N2O/c1-4-7(2)10(13)9-6-11-5-8(3)12-9/h5-7H,4H2,1-3H3. The predicted octanol–water partition coefficient (Wildman–Crippen LogP) is 2.01. The highest BCUT2D eigenvalue weighted by molar-refractivity contribution is 5.95. The third-order valence-corrected chi connectivity index (χ3v) is 2.07. The maximum absolute atomic E-state index is 11.6. The van der Waals surface area contributed by atoms with Crippen LogP contribution in [0.4, 0.5) is 0 Å². The molecule has 1 rings (SSSR count). The van der Waals surface area contributed by atoms with E-state index in [-0.39, 0.29) is 11.7 Å². The minimum absolute atomic E-state index is 0.0381. The number of carbonyl (C=O) groups is 1. The summed E-state index contributed by atoms with van der Waals surface area (Å²) in [5.74, 6) is 0.120. The fraction of sp³-hybridized carbons (Fsp3) is 0.500. The summed E-state index contributed by atoms with van der Waals surface area (Å²) >= 11 is 0. The number of aryl methyl sites for hydroxylation is 1. The van der Waals surface area contributed by atoms with Crippen LogP contribution in [0.25, 0.3) is 0 Å². The molecular weight excluding hydrogens is 164 g/mol. The summed E-state index contributed by atoms with van der Waals surface area (Å²) in [4.78, 5) is 19.7. The minimum Gasteiger partial charge on any atom is -0.292 e. The van der Waals surface area contributed by atoms with Gasteiger partial charge in [-0.05, 0) is 13.3 Å². The first-order valence-corrected chi connectivity index (χ1v) is 4.48. The van der Waals surface area contributed by atoms with Crippen molar-refractivity contribution in [2.24, 2.45) is 5.92 Å². The van der Waals surface area contributed by atoms with Gasteiger partial charge in [-0.2, -0.15) is 0 Å². The van der Waals surface area contributed by atoms with E-state index in [4.69, 9.17) is 0 Å². The van der Waals surface area contributed by atoms with Gasteiger partial charge in [-0.25, -0.2) is 4.98 Å². The van der Waals surface area contributed by atoms with E-state index in [0.29, 0.717) is 5.69 Å². The van der Waals surface area contributed by atoms with Gasteiger partial charge in [-0.3, -0.25) is 9.78 Å². The predicted molar refractivity (Wildman–Crippen MR) is 50.6 cm³/mol. The van der Waals surface area contributed by atoms with Gasteiger partial charge in [0.05, 0.1) is 11.9 Å². The van der Waals surface area contributed by atoms with Crippen molar-refractivity contribution in [1.82, 2.24) is 9.97 Å². The van der Waals surface area contributed by atoms with E-state index in [9.17, 15) is 4.79 Å². The first-order chi connectivity index (χ1) is 6.15. The highest BCUT2D eigenvalue weighted by Crippen LogP contribution is 2.08. The highest BCUT2D eigenvalue weighted by atomic mass is 16.1. The average Bonchev–Trinajstić information content (AvgIpc) is 2.15. The Morgan fingerprint density at radius 1 is 1.54 bits per heavy atom. The number of Topliss-reactive ketones (excluding diaryl/α,β-unsaturated/α-hetero) is 1. The Morgan fingerprint density at radius 3 is 2.77 bits per heavy atom. The highest BCUT2D eigenvalue weighted by Gasteiger charge is 2.14. The van der Waals surface area contributed by atoms with E-state index in [2.05, 4.69) is 9.97 Å². The summed E-state index contributed by atoms with van der Waals surface area (Å²) in [6, 6.07) is 0. The van der Waals surface area contributed by atoms with Crippen LogP contribution >= 0.6 is 0 Å². The maximum Gasteiger partial charge on any atom is 0.185 e. The summed E-state index contributed by atoms with van der Waals surface area (Å²) in [6.45, 7) is 5.73. The quantitative estimate of drug-likeness (QED) is 0.665. The Hall–Kier alpha value is -1.25. The maximum atomic E-state index is 11.6. The number of hydrogen-bond donors (Lipinski definition) is 0. The monoisotopic (exact) mass is 178 g/mol.